The first-order valence-electron chi connectivity index (χ1n) is 13.5. The second kappa shape index (κ2) is 14.5. The van der Waals surface area contributed by atoms with Crippen LogP contribution >= 0.6 is 23.4 Å². The van der Waals surface area contributed by atoms with E-state index in [2.05, 4.69) is 63.7 Å². The van der Waals surface area contributed by atoms with E-state index >= 15 is 0 Å². The first-order valence-corrected chi connectivity index (χ1v) is 14.9. The smallest absolute Gasteiger partial charge is 0.251 e. The predicted molar refractivity (Wildman–Crippen MR) is 168 cm³/mol. The number of nitrogens with one attached hydrogen (secondary N) is 1. The number of aromatic nitrogens is 2. The lowest BCUT2D eigenvalue weighted by Crippen LogP contribution is -2.26. The third-order valence-electron chi connectivity index (χ3n) is 6.59. The summed E-state index contributed by atoms with van der Waals surface area (Å²) >= 11 is 8.02. The normalized spacial score (nSPS) is 10.8. The van der Waals surface area contributed by atoms with Gasteiger partial charge in [0, 0.05) is 37.0 Å². The maximum absolute atomic E-state index is 12.6. The summed E-state index contributed by atoms with van der Waals surface area (Å²) in [4.78, 5) is 24.2. The van der Waals surface area contributed by atoms with E-state index in [0.717, 1.165) is 36.5 Å². The Morgan fingerprint density at radius 1 is 0.732 bits per heavy atom. The highest BCUT2D eigenvalue weighted by Crippen LogP contribution is 2.26. The number of thioether (sulfide) groups is 1. The molecule has 0 saturated carbocycles. The van der Waals surface area contributed by atoms with Crippen LogP contribution in [0.1, 0.15) is 32.6 Å². The Labute approximate surface area is 250 Å². The molecule has 0 spiro atoms. The van der Waals surface area contributed by atoms with Crippen molar-refractivity contribution < 1.29 is 4.79 Å². The average Bonchev–Trinajstić information content (AvgIpc) is 3.02. The van der Waals surface area contributed by atoms with Gasteiger partial charge in [-0.2, -0.15) is 0 Å². The van der Waals surface area contributed by atoms with Crippen molar-refractivity contribution in [2.45, 2.75) is 30.4 Å². The zero-order valence-electron chi connectivity index (χ0n) is 22.6. The highest BCUT2D eigenvalue weighted by molar-refractivity contribution is 7.98. The first kappa shape index (κ1) is 28.4. The molecular formula is C34H31ClN4OS. The van der Waals surface area contributed by atoms with Crippen LogP contribution in [0.5, 0.6) is 0 Å². The van der Waals surface area contributed by atoms with Gasteiger partial charge in [0.1, 0.15) is 11.0 Å². The maximum atomic E-state index is 12.6. The van der Waals surface area contributed by atoms with Gasteiger partial charge in [-0.3, -0.25) is 4.79 Å². The standard InChI is InChI=1S/C34H31ClN4OS/c35-31-22-32(39(24-28-14-8-3-9-15-28)21-20-26-10-4-1-5-11-26)38-34(37-31)41-25-29-16-18-30(19-17-29)33(40)36-23-27-12-6-2-7-13-27/h1-19,22H,20-21,23-25H2,(H,36,40). The van der Waals surface area contributed by atoms with Gasteiger partial charge >= 0.3 is 0 Å². The van der Waals surface area contributed by atoms with E-state index in [9.17, 15) is 4.79 Å². The molecule has 41 heavy (non-hydrogen) atoms. The molecule has 0 atom stereocenters. The third kappa shape index (κ3) is 8.68. The molecule has 0 aliphatic heterocycles. The summed E-state index contributed by atoms with van der Waals surface area (Å²) < 4.78 is 0. The van der Waals surface area contributed by atoms with Gasteiger partial charge in [0.05, 0.1) is 0 Å². The van der Waals surface area contributed by atoms with E-state index in [-0.39, 0.29) is 5.91 Å². The van der Waals surface area contributed by atoms with Crippen LogP contribution in [0, 0.1) is 0 Å². The van der Waals surface area contributed by atoms with Gasteiger partial charge in [-0.25, -0.2) is 9.97 Å². The fourth-order valence-electron chi connectivity index (χ4n) is 4.38. The molecule has 7 heteroatoms. The topological polar surface area (TPSA) is 58.1 Å². The zero-order valence-corrected chi connectivity index (χ0v) is 24.2. The summed E-state index contributed by atoms with van der Waals surface area (Å²) in [6.07, 6.45) is 0.892. The molecular weight excluding hydrogens is 548 g/mol. The highest BCUT2D eigenvalue weighted by atomic mass is 35.5. The first-order chi connectivity index (χ1) is 20.1. The third-order valence-corrected chi connectivity index (χ3v) is 7.71. The van der Waals surface area contributed by atoms with Crippen LogP contribution in [0.2, 0.25) is 5.15 Å². The molecule has 1 aromatic heterocycles. The molecule has 5 nitrogen and oxygen atoms in total. The molecule has 0 saturated heterocycles. The lowest BCUT2D eigenvalue weighted by molar-refractivity contribution is 0.0951. The van der Waals surface area contributed by atoms with Crippen LogP contribution in [0.4, 0.5) is 5.82 Å². The molecule has 1 N–H and O–H groups in total. The van der Waals surface area contributed by atoms with E-state index in [1.807, 2.05) is 72.8 Å². The lowest BCUT2D eigenvalue weighted by atomic mass is 10.1. The number of benzene rings is 4. The second-order valence-electron chi connectivity index (χ2n) is 9.63. The van der Waals surface area contributed by atoms with Crippen molar-refractivity contribution in [3.05, 3.63) is 154 Å². The van der Waals surface area contributed by atoms with Crippen molar-refractivity contribution in [3.8, 4) is 0 Å². The van der Waals surface area contributed by atoms with Crippen LogP contribution in [0.25, 0.3) is 0 Å². The van der Waals surface area contributed by atoms with Crippen molar-refractivity contribution >= 4 is 35.1 Å². The van der Waals surface area contributed by atoms with Gasteiger partial charge in [0.25, 0.3) is 5.91 Å². The Balaban J connectivity index is 1.23. The molecule has 1 amide bonds. The van der Waals surface area contributed by atoms with Crippen molar-refractivity contribution in [3.63, 3.8) is 0 Å². The van der Waals surface area contributed by atoms with E-state index in [1.165, 1.54) is 22.9 Å². The van der Waals surface area contributed by atoms with Gasteiger partial charge < -0.3 is 10.2 Å². The number of nitrogens with zero attached hydrogens (tertiary/aromatic N) is 3. The zero-order chi connectivity index (χ0) is 28.3. The van der Waals surface area contributed by atoms with Gasteiger partial charge in [-0.15, -0.1) is 0 Å². The number of amides is 1. The quantitative estimate of drug-likeness (QED) is 0.0938. The van der Waals surface area contributed by atoms with E-state index < -0.39 is 0 Å². The summed E-state index contributed by atoms with van der Waals surface area (Å²) in [6.45, 7) is 2.02. The van der Waals surface area contributed by atoms with Crippen molar-refractivity contribution in [2.24, 2.45) is 0 Å². The summed E-state index contributed by atoms with van der Waals surface area (Å²) in [5, 5.41) is 4.01. The fraction of sp³-hybridized carbons (Fsp3) is 0.147. The number of carbonyl (C=O) groups excluding carboxylic acids is 1. The average molecular weight is 579 g/mol. The predicted octanol–water partition coefficient (Wildman–Crippen LogP) is 7.60. The van der Waals surface area contributed by atoms with Crippen LogP contribution < -0.4 is 10.2 Å². The van der Waals surface area contributed by atoms with E-state index in [0.29, 0.717) is 28.2 Å². The summed E-state index contributed by atoms with van der Waals surface area (Å²) in [5.41, 5.74) is 5.25. The second-order valence-corrected chi connectivity index (χ2v) is 11.0. The largest absolute Gasteiger partial charge is 0.352 e. The van der Waals surface area contributed by atoms with Crippen LogP contribution in [0.15, 0.2) is 126 Å². The Hall–Kier alpha value is -4.13. The molecule has 0 unspecified atom stereocenters. The van der Waals surface area contributed by atoms with Crippen molar-refractivity contribution in [1.29, 1.82) is 0 Å². The molecule has 5 aromatic rings. The number of rotatable bonds is 12. The molecule has 206 valence electrons. The Kier molecular flexibility index (Phi) is 10.0. The summed E-state index contributed by atoms with van der Waals surface area (Å²) in [7, 11) is 0. The Bertz CT molecular complexity index is 1530. The summed E-state index contributed by atoms with van der Waals surface area (Å²) in [5.74, 6) is 1.37. The minimum absolute atomic E-state index is 0.0927. The number of halogens is 1. The minimum atomic E-state index is -0.0927. The molecule has 0 aliphatic rings. The molecule has 0 fully saturated rings. The Morgan fingerprint density at radius 3 is 2.00 bits per heavy atom. The lowest BCUT2D eigenvalue weighted by Gasteiger charge is -2.24. The van der Waals surface area contributed by atoms with Crippen molar-refractivity contribution in [1.82, 2.24) is 15.3 Å². The highest BCUT2D eigenvalue weighted by Gasteiger charge is 2.14. The monoisotopic (exact) mass is 578 g/mol. The number of anilines is 1. The molecule has 0 aliphatic carbocycles. The molecule has 5 rings (SSSR count). The van der Waals surface area contributed by atoms with Crippen molar-refractivity contribution in [2.75, 3.05) is 11.4 Å². The van der Waals surface area contributed by atoms with Gasteiger partial charge in [-0.1, -0.05) is 126 Å². The number of hydrogen-bond acceptors (Lipinski definition) is 5. The molecule has 4 aromatic carbocycles. The maximum Gasteiger partial charge on any atom is 0.251 e. The van der Waals surface area contributed by atoms with Gasteiger partial charge in [-0.05, 0) is 40.8 Å². The van der Waals surface area contributed by atoms with Crippen LogP contribution in [0.3, 0.4) is 0 Å². The van der Waals surface area contributed by atoms with Gasteiger partial charge in [0.15, 0.2) is 5.16 Å². The van der Waals surface area contributed by atoms with Crippen LogP contribution in [-0.4, -0.2) is 22.4 Å². The van der Waals surface area contributed by atoms with Gasteiger partial charge in [0.2, 0.25) is 0 Å². The minimum Gasteiger partial charge on any atom is -0.352 e. The fourth-order valence-corrected chi connectivity index (χ4v) is 5.42. The van der Waals surface area contributed by atoms with E-state index in [4.69, 9.17) is 16.6 Å². The molecule has 0 radical (unpaired) electrons. The summed E-state index contributed by atoms with van der Waals surface area (Å²) in [6, 6.07) is 40.2. The van der Waals surface area contributed by atoms with E-state index in [1.54, 1.807) is 0 Å². The molecule has 0 bridgehead atoms. The molecule has 1 heterocycles. The number of carbonyl (C=O) groups is 1. The Morgan fingerprint density at radius 2 is 1.34 bits per heavy atom. The number of hydrogen-bond donors (Lipinski definition) is 1. The SMILES string of the molecule is O=C(NCc1ccccc1)c1ccc(CSc2nc(Cl)cc(N(CCc3ccccc3)Cc3ccccc3)n2)cc1. The van der Waals surface area contributed by atoms with Crippen LogP contribution in [-0.2, 0) is 25.3 Å².